The van der Waals surface area contributed by atoms with Gasteiger partial charge in [0.05, 0.1) is 37.7 Å². The molecule has 2 aliphatic rings. The minimum absolute atomic E-state index is 0.0389. The predicted octanol–water partition coefficient (Wildman–Crippen LogP) is 5.34. The van der Waals surface area contributed by atoms with Crippen LogP contribution in [-0.4, -0.2) is 85.3 Å². The fraction of sp³-hybridized carbons (Fsp3) is 0.486. The molecular formula is C35H43FN4O7. The minimum atomic E-state index is -0.900. The van der Waals surface area contributed by atoms with Crippen LogP contribution in [0.2, 0.25) is 0 Å². The highest BCUT2D eigenvalue weighted by Gasteiger charge is 2.71. The SMILES string of the molecule is COc1ccc(CN(C)C(=O)CCN(C=O)c2cc3c(F)c(C45CCN(C(=O)OC(C)(C)C)CC4(C)O5)ccc3nc2C)c(OC)c1. The van der Waals surface area contributed by atoms with Gasteiger partial charge in [-0.25, -0.2) is 9.18 Å². The number of carbonyl (C=O) groups excluding carboxylic acids is 3. The molecule has 0 N–H and O–H groups in total. The zero-order chi connectivity index (χ0) is 34.3. The van der Waals surface area contributed by atoms with E-state index in [-0.39, 0.29) is 30.8 Å². The Morgan fingerprint density at radius 3 is 2.53 bits per heavy atom. The molecule has 3 heterocycles. The summed E-state index contributed by atoms with van der Waals surface area (Å²) in [6.07, 6.45) is 0.640. The molecule has 3 amide bonds. The molecule has 0 saturated carbocycles. The fourth-order valence-electron chi connectivity index (χ4n) is 6.39. The predicted molar refractivity (Wildman–Crippen MR) is 174 cm³/mol. The van der Waals surface area contributed by atoms with Crippen molar-refractivity contribution in [3.8, 4) is 11.5 Å². The smallest absolute Gasteiger partial charge is 0.410 e. The summed E-state index contributed by atoms with van der Waals surface area (Å²) in [4.78, 5) is 47.2. The summed E-state index contributed by atoms with van der Waals surface area (Å²) in [6, 6.07) is 10.4. The van der Waals surface area contributed by atoms with Gasteiger partial charge in [0.2, 0.25) is 12.3 Å². The van der Waals surface area contributed by atoms with Crippen LogP contribution < -0.4 is 14.4 Å². The summed E-state index contributed by atoms with van der Waals surface area (Å²) >= 11 is 0. The molecule has 3 aromatic rings. The van der Waals surface area contributed by atoms with Gasteiger partial charge in [-0.2, -0.15) is 0 Å². The van der Waals surface area contributed by atoms with E-state index in [9.17, 15) is 14.4 Å². The Hall–Kier alpha value is -4.45. The average Bonchev–Trinajstić information content (AvgIpc) is 3.66. The number of nitrogens with zero attached hydrogens (tertiary/aromatic N) is 4. The number of amides is 3. The summed E-state index contributed by atoms with van der Waals surface area (Å²) in [7, 11) is 4.81. The normalized spacial score (nSPS) is 20.3. The molecule has 2 atom stereocenters. The Kier molecular flexibility index (Phi) is 9.11. The van der Waals surface area contributed by atoms with Crippen molar-refractivity contribution in [2.45, 2.75) is 70.8 Å². The van der Waals surface area contributed by atoms with Gasteiger partial charge in [0.1, 0.15) is 34.1 Å². The van der Waals surface area contributed by atoms with E-state index in [1.165, 1.54) is 4.90 Å². The highest BCUT2D eigenvalue weighted by molar-refractivity contribution is 5.89. The largest absolute Gasteiger partial charge is 0.497 e. The molecule has 0 spiro atoms. The number of piperidine rings is 1. The van der Waals surface area contributed by atoms with E-state index in [2.05, 4.69) is 4.98 Å². The van der Waals surface area contributed by atoms with Gasteiger partial charge in [0.15, 0.2) is 0 Å². The third kappa shape index (κ3) is 6.56. The first-order valence-electron chi connectivity index (χ1n) is 15.6. The quantitative estimate of drug-likeness (QED) is 0.214. The van der Waals surface area contributed by atoms with Crippen molar-refractivity contribution in [3.63, 3.8) is 0 Å². The van der Waals surface area contributed by atoms with Crippen molar-refractivity contribution >= 4 is 35.0 Å². The fourth-order valence-corrected chi connectivity index (χ4v) is 6.39. The molecule has 2 saturated heterocycles. The first-order chi connectivity index (χ1) is 22.1. The second-order valence-corrected chi connectivity index (χ2v) is 13.4. The first-order valence-corrected chi connectivity index (χ1v) is 15.6. The van der Waals surface area contributed by atoms with Crippen LogP contribution >= 0.6 is 0 Å². The van der Waals surface area contributed by atoms with Crippen LogP contribution in [0.4, 0.5) is 14.9 Å². The molecule has 0 bridgehead atoms. The Morgan fingerprint density at radius 2 is 1.89 bits per heavy atom. The molecule has 12 heteroatoms. The Bertz CT molecular complexity index is 1710. The van der Waals surface area contributed by atoms with E-state index in [0.29, 0.717) is 59.9 Å². The molecular weight excluding hydrogens is 607 g/mol. The van der Waals surface area contributed by atoms with E-state index in [0.717, 1.165) is 5.56 Å². The molecule has 5 rings (SSSR count). The number of benzene rings is 2. The molecule has 2 aromatic carbocycles. The lowest BCUT2D eigenvalue weighted by molar-refractivity contribution is -0.130. The molecule has 1 aromatic heterocycles. The number of methoxy groups -OCH3 is 2. The van der Waals surface area contributed by atoms with Gasteiger partial charge in [-0.3, -0.25) is 14.6 Å². The lowest BCUT2D eigenvalue weighted by atomic mass is 9.81. The molecule has 2 aliphatic heterocycles. The van der Waals surface area contributed by atoms with E-state index in [1.54, 1.807) is 68.3 Å². The van der Waals surface area contributed by atoms with Crippen molar-refractivity contribution in [1.29, 1.82) is 0 Å². The van der Waals surface area contributed by atoms with Crippen molar-refractivity contribution in [1.82, 2.24) is 14.8 Å². The molecule has 2 unspecified atom stereocenters. The van der Waals surface area contributed by atoms with E-state index < -0.39 is 28.7 Å². The number of ether oxygens (including phenoxy) is 4. The van der Waals surface area contributed by atoms with Crippen LogP contribution in [-0.2, 0) is 31.2 Å². The highest BCUT2D eigenvalue weighted by atomic mass is 19.1. The van der Waals surface area contributed by atoms with Gasteiger partial charge < -0.3 is 33.6 Å². The second kappa shape index (κ2) is 12.6. The number of halogens is 1. The van der Waals surface area contributed by atoms with Crippen LogP contribution in [0, 0.1) is 12.7 Å². The number of fused-ring (bicyclic) bond motifs is 2. The maximum atomic E-state index is 16.4. The van der Waals surface area contributed by atoms with Gasteiger partial charge in [-0.05, 0) is 58.9 Å². The number of anilines is 1. The minimum Gasteiger partial charge on any atom is -0.497 e. The Labute approximate surface area is 274 Å². The molecule has 252 valence electrons. The number of aromatic nitrogens is 1. The van der Waals surface area contributed by atoms with Crippen LogP contribution in [0.25, 0.3) is 10.9 Å². The zero-order valence-corrected chi connectivity index (χ0v) is 28.3. The van der Waals surface area contributed by atoms with Gasteiger partial charge in [0, 0.05) is 62.1 Å². The number of hydrogen-bond acceptors (Lipinski definition) is 8. The summed E-state index contributed by atoms with van der Waals surface area (Å²) in [5.74, 6) is 0.575. The number of aryl methyl sites for hydroxylation is 1. The first kappa shape index (κ1) is 33.9. The molecule has 47 heavy (non-hydrogen) atoms. The summed E-state index contributed by atoms with van der Waals surface area (Å²) in [5, 5.41) is 0.242. The third-order valence-corrected chi connectivity index (χ3v) is 8.95. The van der Waals surface area contributed by atoms with Crippen LogP contribution in [0.5, 0.6) is 11.5 Å². The van der Waals surface area contributed by atoms with Crippen LogP contribution in [0.3, 0.4) is 0 Å². The number of carbonyl (C=O) groups is 3. The Balaban J connectivity index is 1.32. The maximum Gasteiger partial charge on any atom is 0.410 e. The van der Waals surface area contributed by atoms with Crippen molar-refractivity contribution in [2.75, 3.05) is 45.8 Å². The molecule has 0 aliphatic carbocycles. The van der Waals surface area contributed by atoms with E-state index >= 15 is 4.39 Å². The standard InChI is InChI=1S/C35H43FN4O7/c1-22-28(40(21-41)15-13-30(42)38(6)19-23-9-10-24(44-7)17-29(23)45-8)18-25-27(37-22)12-11-26(31(25)36)35-14-16-39(20-34(35,5)47-35)32(43)46-33(2,3)4/h9-12,17-18,21H,13-16,19-20H2,1-8H3. The summed E-state index contributed by atoms with van der Waals surface area (Å²) < 4.78 is 38.8. The molecule has 0 radical (unpaired) electrons. The Morgan fingerprint density at radius 1 is 1.15 bits per heavy atom. The van der Waals surface area contributed by atoms with E-state index in [4.69, 9.17) is 18.9 Å². The van der Waals surface area contributed by atoms with Crippen molar-refractivity contribution in [3.05, 3.63) is 59.0 Å². The summed E-state index contributed by atoms with van der Waals surface area (Å²) in [6.45, 7) is 10.1. The number of hydrogen-bond donors (Lipinski definition) is 0. The topological polar surface area (TPSA) is 114 Å². The van der Waals surface area contributed by atoms with Crippen LogP contribution in [0.15, 0.2) is 36.4 Å². The van der Waals surface area contributed by atoms with Gasteiger partial charge in [-0.15, -0.1) is 0 Å². The summed E-state index contributed by atoms with van der Waals surface area (Å²) in [5.41, 5.74) is 0.252. The number of rotatable bonds is 10. The second-order valence-electron chi connectivity index (χ2n) is 13.4. The number of pyridine rings is 1. The van der Waals surface area contributed by atoms with Crippen LogP contribution in [0.1, 0.15) is 57.4 Å². The average molecular weight is 651 g/mol. The number of likely N-dealkylation sites (tertiary alicyclic amines) is 1. The monoisotopic (exact) mass is 650 g/mol. The highest BCUT2D eigenvalue weighted by Crippen LogP contribution is 2.61. The molecule has 11 nitrogen and oxygen atoms in total. The number of epoxide rings is 1. The lowest BCUT2D eigenvalue weighted by Crippen LogP contribution is -2.48. The van der Waals surface area contributed by atoms with Gasteiger partial charge in [-0.1, -0.05) is 6.07 Å². The van der Waals surface area contributed by atoms with Gasteiger partial charge in [0.25, 0.3) is 0 Å². The molecule has 2 fully saturated rings. The van der Waals surface area contributed by atoms with E-state index in [1.807, 2.05) is 33.8 Å². The zero-order valence-electron chi connectivity index (χ0n) is 28.3. The lowest BCUT2D eigenvalue weighted by Gasteiger charge is -2.34. The van der Waals surface area contributed by atoms with Crippen molar-refractivity contribution < 1.29 is 37.7 Å². The van der Waals surface area contributed by atoms with Crippen molar-refractivity contribution in [2.24, 2.45) is 0 Å². The maximum absolute atomic E-state index is 16.4. The third-order valence-electron chi connectivity index (χ3n) is 8.95. The van der Waals surface area contributed by atoms with Gasteiger partial charge >= 0.3 is 6.09 Å².